The molecule has 0 aliphatic carbocycles. The number of benzene rings is 1. The molecule has 3 nitrogen and oxygen atoms in total. The highest BCUT2D eigenvalue weighted by Crippen LogP contribution is 2.25. The molecule has 104 valence electrons. The molecule has 0 atom stereocenters. The second-order valence-corrected chi connectivity index (χ2v) is 4.86. The van der Waals surface area contributed by atoms with Gasteiger partial charge in [0.2, 0.25) is 0 Å². The zero-order valence-corrected chi connectivity index (χ0v) is 11.8. The van der Waals surface area contributed by atoms with Crippen molar-refractivity contribution in [3.05, 3.63) is 52.7 Å². The van der Waals surface area contributed by atoms with Crippen molar-refractivity contribution in [3.63, 3.8) is 0 Å². The molecule has 0 spiro atoms. The van der Waals surface area contributed by atoms with Crippen LogP contribution in [0.2, 0.25) is 0 Å². The molecular formula is C14H13F2N3S. The predicted octanol–water partition coefficient (Wildman–Crippen LogP) is 3.35. The zero-order valence-electron chi connectivity index (χ0n) is 11.0. The normalized spacial score (nSPS) is 10.4. The number of hydrogen-bond acceptors (Lipinski definition) is 3. The van der Waals surface area contributed by atoms with Gasteiger partial charge in [-0.15, -0.1) is 0 Å². The average molecular weight is 293 g/mol. The third kappa shape index (κ3) is 2.91. The van der Waals surface area contributed by atoms with Gasteiger partial charge in [-0.2, -0.15) is 0 Å². The number of nitrogens with two attached hydrogens (primary N) is 1. The number of nitrogens with one attached hydrogen (secondary N) is 1. The summed E-state index contributed by atoms with van der Waals surface area (Å²) in [5.41, 5.74) is 6.89. The first-order valence-corrected chi connectivity index (χ1v) is 6.29. The van der Waals surface area contributed by atoms with Crippen LogP contribution in [0, 0.1) is 25.5 Å². The number of rotatable bonds is 3. The van der Waals surface area contributed by atoms with Crippen molar-refractivity contribution in [1.82, 2.24) is 4.98 Å². The van der Waals surface area contributed by atoms with Crippen molar-refractivity contribution in [2.24, 2.45) is 5.73 Å². The van der Waals surface area contributed by atoms with Gasteiger partial charge in [0.25, 0.3) is 0 Å². The Balaban J connectivity index is 2.45. The summed E-state index contributed by atoms with van der Waals surface area (Å²) in [6.07, 6.45) is 0. The Morgan fingerprint density at radius 2 is 1.95 bits per heavy atom. The van der Waals surface area contributed by atoms with E-state index in [0.717, 1.165) is 0 Å². The van der Waals surface area contributed by atoms with Gasteiger partial charge in [-0.05, 0) is 37.6 Å². The molecule has 1 heterocycles. The summed E-state index contributed by atoms with van der Waals surface area (Å²) in [6, 6.07) is 5.83. The monoisotopic (exact) mass is 293 g/mol. The van der Waals surface area contributed by atoms with Gasteiger partial charge < -0.3 is 11.1 Å². The molecular weight excluding hydrogens is 280 g/mol. The van der Waals surface area contributed by atoms with Crippen LogP contribution in [0.3, 0.4) is 0 Å². The molecule has 20 heavy (non-hydrogen) atoms. The van der Waals surface area contributed by atoms with Crippen LogP contribution in [0.15, 0.2) is 24.3 Å². The number of aryl methyl sites for hydroxylation is 2. The maximum atomic E-state index is 13.9. The molecule has 6 heteroatoms. The molecule has 2 rings (SSSR count). The SMILES string of the molecule is Cc1cc(C(N)=S)cc(Nc2c(F)ccc(C)c2F)n1. The zero-order chi connectivity index (χ0) is 14.9. The van der Waals surface area contributed by atoms with Gasteiger partial charge in [0.1, 0.15) is 22.3 Å². The minimum absolute atomic E-state index is 0.198. The van der Waals surface area contributed by atoms with Crippen LogP contribution in [-0.2, 0) is 0 Å². The number of pyridine rings is 1. The molecule has 0 saturated carbocycles. The first-order valence-electron chi connectivity index (χ1n) is 5.88. The summed E-state index contributed by atoms with van der Waals surface area (Å²) in [4.78, 5) is 4.36. The largest absolute Gasteiger partial charge is 0.389 e. The third-order valence-corrected chi connectivity index (χ3v) is 3.01. The van der Waals surface area contributed by atoms with Crippen LogP contribution in [0.4, 0.5) is 20.3 Å². The number of aromatic nitrogens is 1. The Bertz CT molecular complexity index is 686. The van der Waals surface area contributed by atoms with Crippen molar-refractivity contribution < 1.29 is 8.78 Å². The van der Waals surface area contributed by atoms with Crippen molar-refractivity contribution in [1.29, 1.82) is 0 Å². The Hall–Kier alpha value is -2.08. The average Bonchev–Trinajstić information content (AvgIpc) is 2.38. The Morgan fingerprint density at radius 1 is 1.25 bits per heavy atom. The van der Waals surface area contributed by atoms with E-state index in [1.54, 1.807) is 26.0 Å². The van der Waals surface area contributed by atoms with E-state index < -0.39 is 11.6 Å². The summed E-state index contributed by atoms with van der Waals surface area (Å²) in [5.74, 6) is -1.05. The van der Waals surface area contributed by atoms with Gasteiger partial charge >= 0.3 is 0 Å². The van der Waals surface area contributed by atoms with Crippen LogP contribution in [0.5, 0.6) is 0 Å². The van der Waals surface area contributed by atoms with Gasteiger partial charge in [-0.25, -0.2) is 13.8 Å². The molecule has 0 bridgehead atoms. The molecule has 1 aromatic carbocycles. The van der Waals surface area contributed by atoms with Crippen LogP contribution in [-0.4, -0.2) is 9.97 Å². The lowest BCUT2D eigenvalue weighted by atomic mass is 10.2. The molecule has 0 aliphatic rings. The molecule has 0 radical (unpaired) electrons. The van der Waals surface area contributed by atoms with Crippen LogP contribution in [0.1, 0.15) is 16.8 Å². The van der Waals surface area contributed by atoms with Crippen molar-refractivity contribution in [2.45, 2.75) is 13.8 Å². The fourth-order valence-electron chi connectivity index (χ4n) is 1.77. The van der Waals surface area contributed by atoms with Crippen molar-refractivity contribution in [2.75, 3.05) is 5.32 Å². The lowest BCUT2D eigenvalue weighted by molar-refractivity contribution is 0.584. The number of anilines is 2. The topological polar surface area (TPSA) is 50.9 Å². The summed E-state index contributed by atoms with van der Waals surface area (Å²) in [6.45, 7) is 3.31. The number of halogens is 2. The Morgan fingerprint density at radius 3 is 2.60 bits per heavy atom. The number of nitrogens with zero attached hydrogens (tertiary/aromatic N) is 1. The lowest BCUT2D eigenvalue weighted by Crippen LogP contribution is -2.11. The van der Waals surface area contributed by atoms with Crippen LogP contribution < -0.4 is 11.1 Å². The van der Waals surface area contributed by atoms with Gasteiger partial charge in [0.15, 0.2) is 5.82 Å². The van der Waals surface area contributed by atoms with Crippen molar-refractivity contribution in [3.8, 4) is 0 Å². The van der Waals surface area contributed by atoms with E-state index in [1.807, 2.05) is 0 Å². The van der Waals surface area contributed by atoms with E-state index in [9.17, 15) is 8.78 Å². The first kappa shape index (κ1) is 14.3. The minimum Gasteiger partial charge on any atom is -0.389 e. The molecule has 2 aromatic rings. The molecule has 0 aliphatic heterocycles. The quantitative estimate of drug-likeness (QED) is 0.852. The minimum atomic E-state index is -0.687. The smallest absolute Gasteiger partial charge is 0.152 e. The Labute approximate surface area is 120 Å². The van der Waals surface area contributed by atoms with E-state index in [-0.39, 0.29) is 16.5 Å². The first-order chi connectivity index (χ1) is 9.38. The maximum Gasteiger partial charge on any atom is 0.152 e. The van der Waals surface area contributed by atoms with E-state index in [0.29, 0.717) is 16.8 Å². The van der Waals surface area contributed by atoms with E-state index in [1.165, 1.54) is 12.1 Å². The fourth-order valence-corrected chi connectivity index (χ4v) is 1.89. The molecule has 0 saturated heterocycles. The van der Waals surface area contributed by atoms with Gasteiger partial charge in [0, 0.05) is 11.3 Å². The molecule has 0 unspecified atom stereocenters. The number of thiocarbonyl (C=S) groups is 1. The van der Waals surface area contributed by atoms with E-state index in [4.69, 9.17) is 18.0 Å². The molecule has 0 amide bonds. The predicted molar refractivity (Wildman–Crippen MR) is 79.2 cm³/mol. The highest BCUT2D eigenvalue weighted by molar-refractivity contribution is 7.80. The molecule has 3 N–H and O–H groups in total. The molecule has 0 fully saturated rings. The van der Waals surface area contributed by atoms with E-state index >= 15 is 0 Å². The van der Waals surface area contributed by atoms with Gasteiger partial charge in [-0.3, -0.25) is 0 Å². The standard InChI is InChI=1S/C14H13F2N3S/c1-7-3-4-10(15)13(12(7)16)19-11-6-9(14(17)20)5-8(2)18-11/h3-6H,1-2H3,(H2,17,20)(H,18,19). The maximum absolute atomic E-state index is 13.9. The highest BCUT2D eigenvalue weighted by Gasteiger charge is 2.13. The van der Waals surface area contributed by atoms with Gasteiger partial charge in [-0.1, -0.05) is 18.3 Å². The summed E-state index contributed by atoms with van der Waals surface area (Å²) in [7, 11) is 0. The van der Waals surface area contributed by atoms with Crippen LogP contribution in [0.25, 0.3) is 0 Å². The number of hydrogen-bond donors (Lipinski definition) is 2. The fraction of sp³-hybridized carbons (Fsp3) is 0.143. The third-order valence-electron chi connectivity index (χ3n) is 2.78. The van der Waals surface area contributed by atoms with Gasteiger partial charge in [0.05, 0.1) is 0 Å². The highest BCUT2D eigenvalue weighted by atomic mass is 32.1. The van der Waals surface area contributed by atoms with E-state index in [2.05, 4.69) is 10.3 Å². The van der Waals surface area contributed by atoms with Crippen LogP contribution >= 0.6 is 12.2 Å². The van der Waals surface area contributed by atoms with Crippen molar-refractivity contribution >= 4 is 28.7 Å². The summed E-state index contributed by atoms with van der Waals surface area (Å²) in [5, 5.41) is 2.64. The molecule has 1 aromatic heterocycles. The second-order valence-electron chi connectivity index (χ2n) is 4.42. The lowest BCUT2D eigenvalue weighted by Gasteiger charge is -2.11. The second kappa shape index (κ2) is 5.50. The summed E-state index contributed by atoms with van der Waals surface area (Å²) < 4.78 is 27.6. The Kier molecular flexibility index (Phi) is 3.94. The summed E-state index contributed by atoms with van der Waals surface area (Å²) >= 11 is 4.89.